The van der Waals surface area contributed by atoms with Crippen molar-refractivity contribution in [3.8, 4) is 0 Å². The number of esters is 1. The summed E-state index contributed by atoms with van der Waals surface area (Å²) < 4.78 is 9.75. The number of ether oxygens (including phenoxy) is 2. The van der Waals surface area contributed by atoms with Gasteiger partial charge in [0.25, 0.3) is 0 Å². The Bertz CT molecular complexity index is 529. The van der Waals surface area contributed by atoms with Crippen LogP contribution in [0.1, 0.15) is 44.6 Å². The highest BCUT2D eigenvalue weighted by Crippen LogP contribution is 2.07. The minimum absolute atomic E-state index is 0.0743. The van der Waals surface area contributed by atoms with E-state index in [-0.39, 0.29) is 25.2 Å². The van der Waals surface area contributed by atoms with Crippen LogP contribution in [0.5, 0.6) is 0 Å². The van der Waals surface area contributed by atoms with E-state index in [9.17, 15) is 14.4 Å². The minimum atomic E-state index is -0.885. The molecule has 1 N–H and O–H groups in total. The van der Waals surface area contributed by atoms with Crippen molar-refractivity contribution in [2.75, 3.05) is 7.11 Å². The van der Waals surface area contributed by atoms with Gasteiger partial charge in [0, 0.05) is 12.8 Å². The Morgan fingerprint density at radius 3 is 2.46 bits per heavy atom. The topological polar surface area (TPSA) is 81.7 Å². The molecule has 1 aromatic rings. The van der Waals surface area contributed by atoms with Crippen molar-refractivity contribution in [1.29, 1.82) is 0 Å². The summed E-state index contributed by atoms with van der Waals surface area (Å²) in [5, 5.41) is 2.46. The summed E-state index contributed by atoms with van der Waals surface area (Å²) in [6, 6.07) is 8.33. The molecule has 0 unspecified atom stereocenters. The van der Waals surface area contributed by atoms with E-state index >= 15 is 0 Å². The average Bonchev–Trinajstić information content (AvgIpc) is 2.61. The normalized spacial score (nSPS) is 11.4. The van der Waals surface area contributed by atoms with E-state index in [2.05, 4.69) is 10.1 Å². The maximum absolute atomic E-state index is 11.8. The van der Waals surface area contributed by atoms with Gasteiger partial charge in [0.2, 0.25) is 0 Å². The first-order valence-corrected chi connectivity index (χ1v) is 8.13. The van der Waals surface area contributed by atoms with E-state index in [0.29, 0.717) is 6.42 Å². The van der Waals surface area contributed by atoms with Crippen LogP contribution in [-0.2, 0) is 25.7 Å². The number of nitrogens with one attached hydrogen (secondary N) is 1. The van der Waals surface area contributed by atoms with Gasteiger partial charge in [-0.15, -0.1) is 0 Å². The summed E-state index contributed by atoms with van der Waals surface area (Å²) in [4.78, 5) is 35.3. The van der Waals surface area contributed by atoms with Crippen molar-refractivity contribution in [3.05, 3.63) is 35.9 Å². The van der Waals surface area contributed by atoms with E-state index in [1.54, 1.807) is 0 Å². The van der Waals surface area contributed by atoms with E-state index in [4.69, 9.17) is 4.74 Å². The second-order valence-electron chi connectivity index (χ2n) is 5.46. The van der Waals surface area contributed by atoms with Crippen LogP contribution in [0.2, 0.25) is 0 Å². The third kappa shape index (κ3) is 7.76. The third-order valence-electron chi connectivity index (χ3n) is 3.51. The Labute approximate surface area is 142 Å². The summed E-state index contributed by atoms with van der Waals surface area (Å²) in [6.07, 6.45) is 1.97. The summed E-state index contributed by atoms with van der Waals surface area (Å²) in [6.45, 7) is 2.12. The molecule has 0 radical (unpaired) electrons. The molecule has 132 valence electrons. The Kier molecular flexibility index (Phi) is 9.19. The third-order valence-corrected chi connectivity index (χ3v) is 3.51. The van der Waals surface area contributed by atoms with Crippen LogP contribution in [0.15, 0.2) is 30.3 Å². The molecular formula is C18H25NO5. The monoisotopic (exact) mass is 335 g/mol. The number of hydrogen-bond donors (Lipinski definition) is 1. The second kappa shape index (κ2) is 11.2. The number of rotatable bonds is 10. The molecule has 0 spiro atoms. The number of Topliss-reactive ketones (excluding diaryl/α,β-unsaturated/α-hetero) is 1. The van der Waals surface area contributed by atoms with E-state index in [1.165, 1.54) is 7.11 Å². The van der Waals surface area contributed by atoms with Crippen molar-refractivity contribution < 1.29 is 23.9 Å². The Hall–Kier alpha value is -2.37. The summed E-state index contributed by atoms with van der Waals surface area (Å²) in [5.41, 5.74) is 0.844. The summed E-state index contributed by atoms with van der Waals surface area (Å²) in [5.74, 6) is -0.514. The largest absolute Gasteiger partial charge is 0.467 e. The number of carbonyl (C=O) groups excluding carboxylic acids is 3. The number of hydrogen-bond acceptors (Lipinski definition) is 5. The fourth-order valence-electron chi connectivity index (χ4n) is 2.10. The maximum atomic E-state index is 11.8. The number of ketones is 1. The average molecular weight is 335 g/mol. The van der Waals surface area contributed by atoms with Gasteiger partial charge in [0.1, 0.15) is 18.4 Å². The van der Waals surface area contributed by atoms with Crippen LogP contribution in [0, 0.1) is 0 Å². The number of alkyl carbamates (subject to hydrolysis) is 1. The lowest BCUT2D eigenvalue weighted by molar-refractivity contribution is -0.143. The fourth-order valence-corrected chi connectivity index (χ4v) is 2.10. The molecule has 6 nitrogen and oxygen atoms in total. The van der Waals surface area contributed by atoms with Crippen molar-refractivity contribution in [2.24, 2.45) is 0 Å². The van der Waals surface area contributed by atoms with E-state index in [0.717, 1.165) is 18.4 Å². The van der Waals surface area contributed by atoms with Gasteiger partial charge in [-0.05, 0) is 18.4 Å². The Balaban J connectivity index is 2.45. The lowest BCUT2D eigenvalue weighted by Crippen LogP contribution is -2.42. The SMILES string of the molecule is CCCCC(=O)CC[C@H](NC(=O)OCc1ccccc1)C(=O)OC. The van der Waals surface area contributed by atoms with Crippen molar-refractivity contribution in [2.45, 2.75) is 51.7 Å². The second-order valence-corrected chi connectivity index (χ2v) is 5.46. The molecule has 0 aliphatic carbocycles. The molecule has 0 aromatic heterocycles. The van der Waals surface area contributed by atoms with Gasteiger partial charge in [-0.1, -0.05) is 43.7 Å². The standard InChI is InChI=1S/C18H25NO5/c1-3-4-10-15(20)11-12-16(17(21)23-2)19-18(22)24-13-14-8-6-5-7-9-14/h5-9,16H,3-4,10-13H2,1-2H3,(H,19,22)/t16-/m0/s1. The molecule has 1 rings (SSSR count). The molecule has 0 saturated heterocycles. The predicted molar refractivity (Wildman–Crippen MR) is 89.3 cm³/mol. The van der Waals surface area contributed by atoms with Crippen LogP contribution < -0.4 is 5.32 Å². The highest BCUT2D eigenvalue weighted by Gasteiger charge is 2.23. The quantitative estimate of drug-likeness (QED) is 0.665. The number of benzene rings is 1. The fraction of sp³-hybridized carbons (Fsp3) is 0.500. The zero-order chi connectivity index (χ0) is 17.8. The van der Waals surface area contributed by atoms with Gasteiger partial charge in [-0.2, -0.15) is 0 Å². The first kappa shape index (κ1) is 19.7. The van der Waals surface area contributed by atoms with Crippen LogP contribution in [0.25, 0.3) is 0 Å². The van der Waals surface area contributed by atoms with Crippen molar-refractivity contribution >= 4 is 17.8 Å². The molecule has 0 saturated carbocycles. The molecule has 0 aliphatic heterocycles. The molecule has 24 heavy (non-hydrogen) atoms. The molecular weight excluding hydrogens is 310 g/mol. The first-order chi connectivity index (χ1) is 11.6. The van der Waals surface area contributed by atoms with E-state index in [1.807, 2.05) is 37.3 Å². The van der Waals surface area contributed by atoms with Gasteiger partial charge in [-0.25, -0.2) is 9.59 Å². The highest BCUT2D eigenvalue weighted by atomic mass is 16.6. The van der Waals surface area contributed by atoms with Gasteiger partial charge < -0.3 is 14.8 Å². The lowest BCUT2D eigenvalue weighted by atomic mass is 10.1. The Morgan fingerprint density at radius 2 is 1.83 bits per heavy atom. The molecule has 1 aromatic carbocycles. The molecule has 1 amide bonds. The number of carbonyl (C=O) groups is 3. The summed E-state index contributed by atoms with van der Waals surface area (Å²) in [7, 11) is 1.24. The Morgan fingerprint density at radius 1 is 1.12 bits per heavy atom. The van der Waals surface area contributed by atoms with Crippen LogP contribution in [0.4, 0.5) is 4.79 Å². The van der Waals surface area contributed by atoms with Gasteiger partial charge in [0.15, 0.2) is 0 Å². The molecule has 1 atom stereocenters. The van der Waals surface area contributed by atoms with Gasteiger partial charge in [0.05, 0.1) is 7.11 Å². The van der Waals surface area contributed by atoms with Crippen molar-refractivity contribution in [1.82, 2.24) is 5.32 Å². The maximum Gasteiger partial charge on any atom is 0.408 e. The number of methoxy groups -OCH3 is 1. The number of amides is 1. The van der Waals surface area contributed by atoms with Crippen LogP contribution in [-0.4, -0.2) is 31.0 Å². The molecule has 0 heterocycles. The van der Waals surface area contributed by atoms with Crippen LogP contribution in [0.3, 0.4) is 0 Å². The zero-order valence-corrected chi connectivity index (χ0v) is 14.2. The van der Waals surface area contributed by atoms with Gasteiger partial charge >= 0.3 is 12.1 Å². The molecule has 6 heteroatoms. The molecule has 0 bridgehead atoms. The van der Waals surface area contributed by atoms with E-state index < -0.39 is 18.1 Å². The predicted octanol–water partition coefficient (Wildman–Crippen LogP) is 2.99. The summed E-state index contributed by atoms with van der Waals surface area (Å²) >= 11 is 0. The van der Waals surface area contributed by atoms with Gasteiger partial charge in [-0.3, -0.25) is 4.79 Å². The van der Waals surface area contributed by atoms with Crippen LogP contribution >= 0.6 is 0 Å². The highest BCUT2D eigenvalue weighted by molar-refractivity contribution is 5.83. The molecule has 0 fully saturated rings. The van der Waals surface area contributed by atoms with Crippen molar-refractivity contribution in [3.63, 3.8) is 0 Å². The zero-order valence-electron chi connectivity index (χ0n) is 14.2. The minimum Gasteiger partial charge on any atom is -0.467 e. The molecule has 0 aliphatic rings. The number of unbranched alkanes of at least 4 members (excludes halogenated alkanes) is 1. The smallest absolute Gasteiger partial charge is 0.408 e. The lowest BCUT2D eigenvalue weighted by Gasteiger charge is -2.16. The first-order valence-electron chi connectivity index (χ1n) is 8.13.